The topological polar surface area (TPSA) is 264 Å². The van der Waals surface area contributed by atoms with E-state index in [1.165, 1.54) is 21.7 Å². The highest BCUT2D eigenvalue weighted by molar-refractivity contribution is 5.81. The van der Waals surface area contributed by atoms with E-state index in [2.05, 4.69) is 73.7 Å². The van der Waals surface area contributed by atoms with Crippen LogP contribution in [0, 0.1) is 0 Å². The van der Waals surface area contributed by atoms with Gasteiger partial charge >= 0.3 is 0 Å². The largest absolute Gasteiger partial charge is 0.368 e. The average Bonchev–Trinajstić information content (AvgIpc) is 3.13. The first-order chi connectivity index (χ1) is 26.1. The molecule has 21 heteroatoms. The molecule has 0 rings (SSSR count). The molecule has 0 fully saturated rings. The molecule has 0 aliphatic heterocycles. The number of primary amides is 1. The molecule has 0 unspecified atom stereocenters. The first-order valence-electron chi connectivity index (χ1n) is 17.7. The Kier molecular flexibility index (Phi) is 61.2. The highest BCUT2D eigenvalue weighted by Gasteiger charge is 2.08. The summed E-state index contributed by atoms with van der Waals surface area (Å²) in [5, 5.41) is 10.2. The maximum Gasteiger partial charge on any atom is 0.242 e. The van der Waals surface area contributed by atoms with Crippen molar-refractivity contribution in [3.05, 3.63) is 0 Å². The van der Waals surface area contributed by atoms with Crippen LogP contribution < -0.4 is 27.0 Å². The maximum absolute atomic E-state index is 11.1. The smallest absolute Gasteiger partial charge is 0.242 e. The second-order valence-corrected chi connectivity index (χ2v) is 11.8. The SMILES string of the molecule is CCN(C)C.CCN(C)C(=O)CN(C)C=O.CCNC(=O)CN(C)C.CCNC(C)C.CN(C=O)CC=O.CN(CC=O)C(=O)CNC=O.NC(=O)CNC=O. The highest BCUT2D eigenvalue weighted by Crippen LogP contribution is 1.85. The van der Waals surface area contributed by atoms with Gasteiger partial charge in [0.05, 0.1) is 39.3 Å². The minimum absolute atomic E-state index is 0.0397. The molecule has 0 aromatic rings. The van der Waals surface area contributed by atoms with Gasteiger partial charge in [0.2, 0.25) is 49.3 Å². The van der Waals surface area contributed by atoms with Crippen LogP contribution in [-0.2, 0) is 47.9 Å². The molecule has 0 aliphatic rings. The number of amides is 8. The Balaban J connectivity index is -0.000000102. The minimum atomic E-state index is -0.535. The van der Waals surface area contributed by atoms with Crippen LogP contribution in [0.5, 0.6) is 0 Å². The molecule has 0 spiro atoms. The molecule has 0 heterocycles. The van der Waals surface area contributed by atoms with E-state index in [0.717, 1.165) is 13.1 Å². The molecule has 0 bridgehead atoms. The van der Waals surface area contributed by atoms with Crippen LogP contribution in [0.1, 0.15) is 41.5 Å². The van der Waals surface area contributed by atoms with Crippen molar-refractivity contribution in [3.63, 3.8) is 0 Å². The van der Waals surface area contributed by atoms with E-state index in [0.29, 0.717) is 63.9 Å². The number of nitrogens with one attached hydrogen (secondary N) is 4. The standard InChI is InChI=1S/C7H14N2O2.C6H10N2O3.C6H14N2O.C5H13N.C4H7NO2.C4H11N.C3H6N2O2/c1-4-9(3)7(11)5-8(2)6-10;1-8(2-3-9)6(11)4-7-5-10;1-4-7-6(9)5-8(2)3;1-4-6-5(2)3;1-5(4-7)2-3-6;1-4-5(2)3;4-3(7)1-5-2-6/h6H,4-5H2,1-3H3;3,5H,2,4H2,1H3,(H,7,10);4-5H2,1-3H3,(H,7,9);5-6H,4H2,1-3H3;3-4H,2H2,1H3;4H2,1-3H3;2H,1H2,(H2,4,7)(H,5,6). The van der Waals surface area contributed by atoms with Crippen LogP contribution in [0.4, 0.5) is 0 Å². The van der Waals surface area contributed by atoms with Gasteiger partial charge in [0.1, 0.15) is 12.6 Å². The number of rotatable bonds is 21. The molecule has 0 aromatic carbocycles. The molecular weight excluding hydrogens is 734 g/mol. The molecule has 0 aromatic heterocycles. The lowest BCUT2D eigenvalue weighted by atomic mass is 10.4. The van der Waals surface area contributed by atoms with Crippen LogP contribution in [0.3, 0.4) is 0 Å². The second kappa shape index (κ2) is 52.1. The Bertz CT molecular complexity index is 1010. The lowest BCUT2D eigenvalue weighted by molar-refractivity contribution is -0.133. The number of hydrogen-bond donors (Lipinski definition) is 5. The summed E-state index contributed by atoms with van der Waals surface area (Å²) in [5.74, 6) is -0.777. The molecule has 21 nitrogen and oxygen atoms in total. The van der Waals surface area contributed by atoms with Crippen molar-refractivity contribution in [2.24, 2.45) is 5.73 Å². The van der Waals surface area contributed by atoms with Crippen molar-refractivity contribution in [2.75, 3.05) is 122 Å². The Hall–Kier alpha value is -5.02. The van der Waals surface area contributed by atoms with E-state index in [1.807, 2.05) is 32.8 Å². The number of carbonyl (C=O) groups excluding carboxylic acids is 10. The summed E-state index contributed by atoms with van der Waals surface area (Å²) in [4.78, 5) is 110. The monoisotopic (exact) mass is 810 g/mol. The Morgan fingerprint density at radius 3 is 1.30 bits per heavy atom. The van der Waals surface area contributed by atoms with Gasteiger partial charge in [-0.3, -0.25) is 38.4 Å². The predicted octanol–water partition coefficient (Wildman–Crippen LogP) is -3.31. The Morgan fingerprint density at radius 2 is 1.05 bits per heavy atom. The summed E-state index contributed by atoms with van der Waals surface area (Å²) in [6.45, 7) is 16.7. The van der Waals surface area contributed by atoms with Gasteiger partial charge in [-0.25, -0.2) is 0 Å². The molecule has 8 amide bonds. The lowest BCUT2D eigenvalue weighted by Gasteiger charge is -2.17. The van der Waals surface area contributed by atoms with Gasteiger partial charge in [0, 0.05) is 47.3 Å². The summed E-state index contributed by atoms with van der Waals surface area (Å²) in [5.41, 5.74) is 4.62. The molecule has 56 heavy (non-hydrogen) atoms. The van der Waals surface area contributed by atoms with E-state index in [-0.39, 0.29) is 50.4 Å². The van der Waals surface area contributed by atoms with Crippen LogP contribution in [0.15, 0.2) is 0 Å². The maximum atomic E-state index is 11.1. The first kappa shape index (κ1) is 65.8. The predicted molar refractivity (Wildman–Crippen MR) is 218 cm³/mol. The fourth-order valence-electron chi connectivity index (χ4n) is 2.28. The van der Waals surface area contributed by atoms with E-state index < -0.39 is 5.91 Å². The van der Waals surface area contributed by atoms with Crippen LogP contribution in [-0.4, -0.2) is 219 Å². The summed E-state index contributed by atoms with van der Waals surface area (Å²) in [6, 6.07) is 0.648. The number of nitrogens with two attached hydrogens (primary N) is 1. The molecule has 0 aliphatic carbocycles. The summed E-state index contributed by atoms with van der Waals surface area (Å²) >= 11 is 0. The summed E-state index contributed by atoms with van der Waals surface area (Å²) in [6.07, 6.45) is 3.40. The van der Waals surface area contributed by atoms with Gasteiger partial charge in [0.15, 0.2) is 0 Å². The molecular formula is C35H75N11O10. The molecule has 6 N–H and O–H groups in total. The zero-order valence-corrected chi connectivity index (χ0v) is 36.5. The zero-order chi connectivity index (χ0) is 45.5. The van der Waals surface area contributed by atoms with E-state index in [1.54, 1.807) is 26.0 Å². The molecule has 0 saturated carbocycles. The third-order valence-electron chi connectivity index (χ3n) is 5.56. The van der Waals surface area contributed by atoms with Crippen molar-refractivity contribution >= 4 is 61.8 Å². The van der Waals surface area contributed by atoms with Gasteiger partial charge < -0.3 is 66.0 Å². The minimum Gasteiger partial charge on any atom is -0.368 e. The lowest BCUT2D eigenvalue weighted by Crippen LogP contribution is -2.35. The number of carbonyl (C=O) groups is 10. The van der Waals surface area contributed by atoms with Gasteiger partial charge in [0.25, 0.3) is 0 Å². The molecule has 0 atom stereocenters. The van der Waals surface area contributed by atoms with E-state index in [9.17, 15) is 47.9 Å². The number of hydrogen-bond acceptors (Lipinski definition) is 13. The molecule has 330 valence electrons. The Labute approximate surface area is 335 Å². The number of nitrogens with zero attached hydrogens (tertiary/aromatic N) is 6. The van der Waals surface area contributed by atoms with E-state index >= 15 is 0 Å². The summed E-state index contributed by atoms with van der Waals surface area (Å²) < 4.78 is 0. The number of likely N-dealkylation sites (N-methyl/N-ethyl adjacent to an activating group) is 6. The third-order valence-corrected chi connectivity index (χ3v) is 5.56. The molecule has 0 saturated heterocycles. The quantitative estimate of drug-likeness (QED) is 0.0713. The third kappa shape index (κ3) is 74.2. The van der Waals surface area contributed by atoms with E-state index in [4.69, 9.17) is 0 Å². The van der Waals surface area contributed by atoms with Crippen molar-refractivity contribution in [3.8, 4) is 0 Å². The van der Waals surface area contributed by atoms with Crippen LogP contribution in [0.2, 0.25) is 0 Å². The van der Waals surface area contributed by atoms with Crippen LogP contribution in [0.25, 0.3) is 0 Å². The normalized spacial score (nSPS) is 8.80. The fraction of sp³-hybridized carbons (Fsp3) is 0.714. The second-order valence-electron chi connectivity index (χ2n) is 11.8. The number of aldehydes is 2. The molecule has 0 radical (unpaired) electrons. The van der Waals surface area contributed by atoms with Gasteiger partial charge in [-0.2, -0.15) is 0 Å². The first-order valence-corrected chi connectivity index (χ1v) is 17.7. The van der Waals surface area contributed by atoms with Gasteiger partial charge in [-0.15, -0.1) is 0 Å². The Morgan fingerprint density at radius 1 is 0.589 bits per heavy atom. The van der Waals surface area contributed by atoms with Crippen molar-refractivity contribution in [1.29, 1.82) is 0 Å². The van der Waals surface area contributed by atoms with Crippen molar-refractivity contribution in [2.45, 2.75) is 47.6 Å². The van der Waals surface area contributed by atoms with Gasteiger partial charge in [-0.05, 0) is 55.1 Å². The van der Waals surface area contributed by atoms with Crippen molar-refractivity contribution < 1.29 is 47.9 Å². The highest BCUT2D eigenvalue weighted by atomic mass is 16.2. The van der Waals surface area contributed by atoms with Crippen LogP contribution >= 0.6 is 0 Å². The summed E-state index contributed by atoms with van der Waals surface area (Å²) in [7, 11) is 14.2. The fourth-order valence-corrected chi connectivity index (χ4v) is 2.28. The van der Waals surface area contributed by atoms with Gasteiger partial charge in [-0.1, -0.05) is 27.7 Å². The average molecular weight is 810 g/mol. The van der Waals surface area contributed by atoms with Crippen molar-refractivity contribution in [1.82, 2.24) is 50.7 Å². The zero-order valence-electron chi connectivity index (χ0n) is 36.5.